The lowest BCUT2D eigenvalue weighted by molar-refractivity contribution is 0.102. The van der Waals surface area contributed by atoms with Crippen LogP contribution in [0.25, 0.3) is 11.0 Å². The van der Waals surface area contributed by atoms with Gasteiger partial charge in [0.25, 0.3) is 5.91 Å². The summed E-state index contributed by atoms with van der Waals surface area (Å²) in [5.41, 5.74) is -0.0599. The molecule has 1 amide bonds. The first kappa shape index (κ1) is 18.4. The zero-order chi connectivity index (χ0) is 19.7. The van der Waals surface area contributed by atoms with E-state index in [1.807, 2.05) is 0 Å². The number of carbonyl (C=O) groups is 1. The van der Waals surface area contributed by atoms with E-state index in [0.29, 0.717) is 29.7 Å². The zero-order valence-electron chi connectivity index (χ0n) is 14.9. The Morgan fingerprint density at radius 3 is 2.39 bits per heavy atom. The first-order valence-corrected chi connectivity index (χ1v) is 10.3. The average molecular weight is 398 g/mol. The Hall–Kier alpha value is -2.97. The minimum absolute atomic E-state index is 0.118. The van der Waals surface area contributed by atoms with Gasteiger partial charge in [-0.05, 0) is 49.2 Å². The van der Waals surface area contributed by atoms with Gasteiger partial charge in [-0.3, -0.25) is 4.79 Å². The Morgan fingerprint density at radius 1 is 1.00 bits per heavy atom. The highest BCUT2D eigenvalue weighted by atomic mass is 32.2. The second-order valence-electron chi connectivity index (χ2n) is 6.58. The summed E-state index contributed by atoms with van der Waals surface area (Å²) in [6.45, 7) is 1.05. The summed E-state index contributed by atoms with van der Waals surface area (Å²) in [7, 11) is -3.51. The molecule has 1 aromatic heterocycles. The van der Waals surface area contributed by atoms with E-state index in [4.69, 9.17) is 4.42 Å². The third kappa shape index (κ3) is 3.44. The van der Waals surface area contributed by atoms with Crippen LogP contribution in [-0.4, -0.2) is 31.7 Å². The van der Waals surface area contributed by atoms with Crippen LogP contribution in [0.4, 0.5) is 5.69 Å². The number of nitrogens with zero attached hydrogens (tertiary/aromatic N) is 1. The van der Waals surface area contributed by atoms with Gasteiger partial charge in [-0.1, -0.05) is 18.2 Å². The molecule has 0 saturated carbocycles. The van der Waals surface area contributed by atoms with Gasteiger partial charge in [-0.2, -0.15) is 4.31 Å². The van der Waals surface area contributed by atoms with Crippen molar-refractivity contribution in [1.82, 2.24) is 4.31 Å². The first-order valence-electron chi connectivity index (χ1n) is 8.90. The number of rotatable bonds is 4. The van der Waals surface area contributed by atoms with E-state index in [-0.39, 0.29) is 10.5 Å². The summed E-state index contributed by atoms with van der Waals surface area (Å²) < 4.78 is 31.7. The predicted molar refractivity (Wildman–Crippen MR) is 105 cm³/mol. The largest absolute Gasteiger partial charge is 0.422 e. The van der Waals surface area contributed by atoms with Crippen LogP contribution < -0.4 is 10.9 Å². The molecular formula is C20H18N2O5S. The van der Waals surface area contributed by atoms with Crippen molar-refractivity contribution >= 4 is 32.6 Å². The molecule has 1 aliphatic rings. The van der Waals surface area contributed by atoms with Gasteiger partial charge < -0.3 is 9.73 Å². The van der Waals surface area contributed by atoms with Crippen molar-refractivity contribution in [1.29, 1.82) is 0 Å². The summed E-state index contributed by atoms with van der Waals surface area (Å²) in [6.07, 6.45) is 1.73. The molecule has 0 aliphatic carbocycles. The minimum Gasteiger partial charge on any atom is -0.422 e. The standard InChI is InChI=1S/C20H18N2O5S/c23-19(17-13-14-5-1-2-6-18(14)27-20(17)24)21-15-7-9-16(10-8-15)28(25,26)22-11-3-4-12-22/h1-2,5-10,13H,3-4,11-12H2,(H,21,23). The van der Waals surface area contributed by atoms with Crippen LogP contribution in [-0.2, 0) is 10.0 Å². The molecule has 28 heavy (non-hydrogen) atoms. The van der Waals surface area contributed by atoms with Crippen molar-refractivity contribution in [3.8, 4) is 0 Å². The molecule has 1 fully saturated rings. The fourth-order valence-electron chi connectivity index (χ4n) is 3.21. The molecule has 2 heterocycles. The smallest absolute Gasteiger partial charge is 0.349 e. The van der Waals surface area contributed by atoms with Crippen LogP contribution >= 0.6 is 0 Å². The quantitative estimate of drug-likeness (QED) is 0.682. The van der Waals surface area contributed by atoms with Gasteiger partial charge in [0, 0.05) is 24.2 Å². The molecule has 0 atom stereocenters. The number of anilines is 1. The number of sulfonamides is 1. The van der Waals surface area contributed by atoms with Crippen LogP contribution in [0.5, 0.6) is 0 Å². The monoisotopic (exact) mass is 398 g/mol. The fraction of sp³-hybridized carbons (Fsp3) is 0.200. The number of carbonyl (C=O) groups excluding carboxylic acids is 1. The molecule has 0 bridgehead atoms. The Kier molecular flexibility index (Phi) is 4.74. The Labute approximate surface area is 161 Å². The number of fused-ring (bicyclic) bond motifs is 1. The van der Waals surface area contributed by atoms with Gasteiger partial charge in [-0.25, -0.2) is 13.2 Å². The second-order valence-corrected chi connectivity index (χ2v) is 8.51. The normalized spacial score (nSPS) is 15.0. The maximum atomic E-state index is 12.5. The molecule has 7 nitrogen and oxygen atoms in total. The van der Waals surface area contributed by atoms with Gasteiger partial charge in [0.05, 0.1) is 4.90 Å². The van der Waals surface area contributed by atoms with Gasteiger partial charge in [0.2, 0.25) is 10.0 Å². The number of amides is 1. The number of benzene rings is 2. The number of para-hydroxylation sites is 1. The van der Waals surface area contributed by atoms with Crippen molar-refractivity contribution in [3.63, 3.8) is 0 Å². The summed E-state index contributed by atoms with van der Waals surface area (Å²) in [5.74, 6) is -0.616. The molecule has 1 aliphatic heterocycles. The lowest BCUT2D eigenvalue weighted by Crippen LogP contribution is -2.27. The van der Waals surface area contributed by atoms with Gasteiger partial charge >= 0.3 is 5.63 Å². The number of hydrogen-bond acceptors (Lipinski definition) is 5. The Bertz CT molecular complexity index is 1190. The van der Waals surface area contributed by atoms with E-state index in [1.165, 1.54) is 34.6 Å². The molecule has 3 aromatic rings. The second kappa shape index (κ2) is 7.21. The fourth-order valence-corrected chi connectivity index (χ4v) is 4.72. The summed E-state index contributed by atoms with van der Waals surface area (Å²) >= 11 is 0. The maximum absolute atomic E-state index is 12.5. The maximum Gasteiger partial charge on any atom is 0.349 e. The van der Waals surface area contributed by atoms with E-state index < -0.39 is 21.6 Å². The Balaban J connectivity index is 1.55. The summed E-state index contributed by atoms with van der Waals surface area (Å²) in [6, 6.07) is 14.3. The highest BCUT2D eigenvalue weighted by Crippen LogP contribution is 2.22. The Morgan fingerprint density at radius 2 is 1.68 bits per heavy atom. The molecule has 0 spiro atoms. The molecule has 8 heteroatoms. The van der Waals surface area contributed by atoms with E-state index in [9.17, 15) is 18.0 Å². The molecule has 4 rings (SSSR count). The van der Waals surface area contributed by atoms with Crippen molar-refractivity contribution in [2.45, 2.75) is 17.7 Å². The SMILES string of the molecule is O=C(Nc1ccc(S(=O)(=O)N2CCCC2)cc1)c1cc2ccccc2oc1=O. The van der Waals surface area contributed by atoms with Crippen molar-refractivity contribution in [3.05, 3.63) is 70.6 Å². The lowest BCUT2D eigenvalue weighted by atomic mass is 10.1. The molecular weight excluding hydrogens is 380 g/mol. The van der Waals surface area contributed by atoms with E-state index >= 15 is 0 Å². The van der Waals surface area contributed by atoms with Crippen LogP contribution in [0.15, 0.2) is 68.7 Å². The van der Waals surface area contributed by atoms with Crippen LogP contribution in [0.3, 0.4) is 0 Å². The average Bonchev–Trinajstić information content (AvgIpc) is 3.23. The number of nitrogens with one attached hydrogen (secondary N) is 1. The van der Waals surface area contributed by atoms with Gasteiger partial charge in [0.15, 0.2) is 0 Å². The molecule has 1 saturated heterocycles. The van der Waals surface area contributed by atoms with Crippen molar-refractivity contribution in [2.24, 2.45) is 0 Å². The summed E-state index contributed by atoms with van der Waals surface area (Å²) in [4.78, 5) is 24.7. The molecule has 0 unspecified atom stereocenters. The highest BCUT2D eigenvalue weighted by molar-refractivity contribution is 7.89. The third-order valence-electron chi connectivity index (χ3n) is 4.70. The molecule has 144 valence electrons. The van der Waals surface area contributed by atoms with Crippen LogP contribution in [0.2, 0.25) is 0 Å². The highest BCUT2D eigenvalue weighted by Gasteiger charge is 2.27. The van der Waals surface area contributed by atoms with E-state index in [2.05, 4.69) is 5.32 Å². The minimum atomic E-state index is -3.51. The van der Waals surface area contributed by atoms with Crippen LogP contribution in [0.1, 0.15) is 23.2 Å². The van der Waals surface area contributed by atoms with Crippen molar-refractivity contribution < 1.29 is 17.6 Å². The molecule has 0 radical (unpaired) electrons. The van der Waals surface area contributed by atoms with Gasteiger partial charge in [0.1, 0.15) is 11.1 Å². The van der Waals surface area contributed by atoms with E-state index in [1.54, 1.807) is 24.3 Å². The van der Waals surface area contributed by atoms with Crippen molar-refractivity contribution in [2.75, 3.05) is 18.4 Å². The van der Waals surface area contributed by atoms with Crippen LogP contribution in [0, 0.1) is 0 Å². The third-order valence-corrected chi connectivity index (χ3v) is 6.61. The zero-order valence-corrected chi connectivity index (χ0v) is 15.7. The number of hydrogen-bond donors (Lipinski definition) is 1. The topological polar surface area (TPSA) is 96.7 Å². The molecule has 2 aromatic carbocycles. The van der Waals surface area contributed by atoms with E-state index in [0.717, 1.165) is 12.8 Å². The lowest BCUT2D eigenvalue weighted by Gasteiger charge is -2.15. The molecule has 1 N–H and O–H groups in total. The van der Waals surface area contributed by atoms with Gasteiger partial charge in [-0.15, -0.1) is 0 Å². The first-order chi connectivity index (χ1) is 13.4. The summed E-state index contributed by atoms with van der Waals surface area (Å²) in [5, 5.41) is 3.24. The predicted octanol–water partition coefficient (Wildman–Crippen LogP) is 2.83.